The van der Waals surface area contributed by atoms with Gasteiger partial charge in [-0.3, -0.25) is 4.79 Å². The Hall–Kier alpha value is -1.42. The largest absolute Gasteiger partial charge is 0.468 e. The number of carbonyl (C=O) groups is 1. The average molecular weight is 251 g/mol. The van der Waals surface area contributed by atoms with Crippen LogP contribution in [0.25, 0.3) is 0 Å². The highest BCUT2D eigenvalue weighted by Gasteiger charge is 2.40. The summed E-state index contributed by atoms with van der Waals surface area (Å²) >= 11 is 0. The maximum Gasteiger partial charge on any atom is 0.325 e. The lowest BCUT2D eigenvalue weighted by Gasteiger charge is -2.37. The third-order valence-corrected chi connectivity index (χ3v) is 3.64. The van der Waals surface area contributed by atoms with Gasteiger partial charge in [-0.25, -0.2) is 4.39 Å². The summed E-state index contributed by atoms with van der Waals surface area (Å²) in [5.74, 6) is -0.434. The van der Waals surface area contributed by atoms with Crippen LogP contribution in [-0.2, 0) is 9.53 Å². The number of rotatable bonds is 2. The van der Waals surface area contributed by atoms with Crippen molar-refractivity contribution in [1.82, 2.24) is 5.32 Å². The van der Waals surface area contributed by atoms with E-state index in [0.717, 1.165) is 6.42 Å². The number of carbonyl (C=O) groups excluding carboxylic acids is 1. The number of esters is 1. The van der Waals surface area contributed by atoms with Crippen LogP contribution in [-0.4, -0.2) is 25.2 Å². The number of hydrogen-bond acceptors (Lipinski definition) is 3. The number of ether oxygens (including phenoxy) is 1. The molecule has 2 unspecified atom stereocenters. The van der Waals surface area contributed by atoms with E-state index in [1.807, 2.05) is 13.0 Å². The van der Waals surface area contributed by atoms with Crippen LogP contribution in [0.1, 0.15) is 31.2 Å². The van der Waals surface area contributed by atoms with Gasteiger partial charge in [0.05, 0.1) is 7.11 Å². The molecule has 1 heterocycles. The molecule has 2 rings (SSSR count). The molecule has 3 nitrogen and oxygen atoms in total. The minimum atomic E-state index is -0.722. The van der Waals surface area contributed by atoms with Crippen molar-refractivity contribution in [3.63, 3.8) is 0 Å². The lowest BCUT2D eigenvalue weighted by atomic mass is 9.79. The normalized spacial score (nSPS) is 27.8. The molecule has 1 aromatic carbocycles. The first-order valence-electron chi connectivity index (χ1n) is 6.15. The van der Waals surface area contributed by atoms with Gasteiger partial charge in [0.1, 0.15) is 11.4 Å². The Labute approximate surface area is 106 Å². The predicted octanol–water partition coefficient (Wildman–Crippen LogP) is 2.22. The fourth-order valence-corrected chi connectivity index (χ4v) is 2.64. The zero-order valence-corrected chi connectivity index (χ0v) is 10.7. The van der Waals surface area contributed by atoms with E-state index >= 15 is 0 Å². The highest BCUT2D eigenvalue weighted by molar-refractivity contribution is 5.80. The van der Waals surface area contributed by atoms with Gasteiger partial charge >= 0.3 is 5.97 Å². The average Bonchev–Trinajstić information content (AvgIpc) is 2.38. The maximum atomic E-state index is 13.8. The van der Waals surface area contributed by atoms with E-state index in [9.17, 15) is 9.18 Å². The predicted molar refractivity (Wildman–Crippen MR) is 66.8 cm³/mol. The molecular weight excluding hydrogens is 233 g/mol. The van der Waals surface area contributed by atoms with E-state index in [4.69, 9.17) is 4.74 Å². The summed E-state index contributed by atoms with van der Waals surface area (Å²) in [6.45, 7) is 2.50. The van der Waals surface area contributed by atoms with Crippen molar-refractivity contribution >= 4 is 5.97 Å². The third-order valence-electron chi connectivity index (χ3n) is 3.64. The fraction of sp³-hybridized carbons (Fsp3) is 0.500. The number of methoxy groups -OCH3 is 1. The van der Waals surface area contributed by atoms with Gasteiger partial charge < -0.3 is 10.1 Å². The first-order chi connectivity index (χ1) is 8.57. The molecule has 18 heavy (non-hydrogen) atoms. The van der Waals surface area contributed by atoms with Crippen LogP contribution in [0.5, 0.6) is 0 Å². The summed E-state index contributed by atoms with van der Waals surface area (Å²) in [5, 5.41) is 3.17. The Morgan fingerprint density at radius 3 is 2.89 bits per heavy atom. The molecule has 0 bridgehead atoms. The number of hydrogen-bond donors (Lipinski definition) is 1. The second-order valence-corrected chi connectivity index (χ2v) is 4.96. The number of halogens is 1. The van der Waals surface area contributed by atoms with Crippen LogP contribution in [0.3, 0.4) is 0 Å². The summed E-state index contributed by atoms with van der Waals surface area (Å²) in [6, 6.07) is 6.77. The van der Waals surface area contributed by atoms with Gasteiger partial charge in [-0.2, -0.15) is 0 Å². The van der Waals surface area contributed by atoms with E-state index in [-0.39, 0.29) is 17.7 Å². The molecule has 4 heteroatoms. The van der Waals surface area contributed by atoms with E-state index in [2.05, 4.69) is 5.32 Å². The van der Waals surface area contributed by atoms with Crippen molar-refractivity contribution < 1.29 is 13.9 Å². The minimum absolute atomic E-state index is 0.0524. The molecule has 0 saturated carbocycles. The Kier molecular flexibility index (Phi) is 3.66. The standard InChI is InChI=1S/C14H18FNO2/c1-14(13(17)18-2)9-10(7-8-16-14)11-5-3-4-6-12(11)15/h3-6,10,16H,7-9H2,1-2H3. The smallest absolute Gasteiger partial charge is 0.325 e. The number of benzene rings is 1. The Morgan fingerprint density at radius 2 is 2.22 bits per heavy atom. The molecule has 0 amide bonds. The SMILES string of the molecule is COC(=O)C1(C)CC(c2ccccc2F)CCN1. The maximum absolute atomic E-state index is 13.8. The van der Waals surface area contributed by atoms with Gasteiger partial charge in [0, 0.05) is 0 Å². The van der Waals surface area contributed by atoms with Gasteiger partial charge in [-0.05, 0) is 43.9 Å². The first kappa shape index (κ1) is 13.0. The first-order valence-corrected chi connectivity index (χ1v) is 6.15. The summed E-state index contributed by atoms with van der Waals surface area (Å²) in [5.41, 5.74) is -0.0333. The van der Waals surface area contributed by atoms with Crippen molar-refractivity contribution in [3.8, 4) is 0 Å². The molecule has 2 atom stereocenters. The van der Waals surface area contributed by atoms with Gasteiger partial charge in [0.15, 0.2) is 0 Å². The second-order valence-electron chi connectivity index (χ2n) is 4.96. The van der Waals surface area contributed by atoms with Crippen molar-refractivity contribution in [1.29, 1.82) is 0 Å². The molecule has 1 N–H and O–H groups in total. The van der Waals surface area contributed by atoms with Gasteiger partial charge in [-0.15, -0.1) is 0 Å². The topological polar surface area (TPSA) is 38.3 Å². The van der Waals surface area contributed by atoms with Crippen LogP contribution in [0.4, 0.5) is 4.39 Å². The summed E-state index contributed by atoms with van der Waals surface area (Å²) in [6.07, 6.45) is 1.38. The van der Waals surface area contributed by atoms with E-state index in [1.165, 1.54) is 13.2 Å². The van der Waals surface area contributed by atoms with Gasteiger partial charge in [0.2, 0.25) is 0 Å². The summed E-state index contributed by atoms with van der Waals surface area (Å²) in [4.78, 5) is 11.8. The number of piperidine rings is 1. The quantitative estimate of drug-likeness (QED) is 0.819. The molecular formula is C14H18FNO2. The Bertz CT molecular complexity index is 449. The summed E-state index contributed by atoms with van der Waals surface area (Å²) in [7, 11) is 1.38. The zero-order valence-electron chi connectivity index (χ0n) is 10.7. The minimum Gasteiger partial charge on any atom is -0.468 e. The lowest BCUT2D eigenvalue weighted by molar-refractivity contribution is -0.149. The van der Waals surface area contributed by atoms with E-state index in [1.54, 1.807) is 12.1 Å². The van der Waals surface area contributed by atoms with E-state index in [0.29, 0.717) is 18.5 Å². The monoisotopic (exact) mass is 251 g/mol. The molecule has 1 saturated heterocycles. The van der Waals surface area contributed by atoms with Gasteiger partial charge in [0.25, 0.3) is 0 Å². The Morgan fingerprint density at radius 1 is 1.50 bits per heavy atom. The molecule has 98 valence electrons. The second kappa shape index (κ2) is 5.06. The van der Waals surface area contributed by atoms with Crippen LogP contribution < -0.4 is 5.32 Å². The van der Waals surface area contributed by atoms with Crippen molar-refractivity contribution in [2.24, 2.45) is 0 Å². The van der Waals surface area contributed by atoms with Crippen LogP contribution in [0, 0.1) is 5.82 Å². The Balaban J connectivity index is 2.22. The van der Waals surface area contributed by atoms with E-state index < -0.39 is 5.54 Å². The highest BCUT2D eigenvalue weighted by Crippen LogP contribution is 2.34. The fourth-order valence-electron chi connectivity index (χ4n) is 2.64. The van der Waals surface area contributed by atoms with Crippen molar-refractivity contribution in [2.75, 3.05) is 13.7 Å². The summed E-state index contributed by atoms with van der Waals surface area (Å²) < 4.78 is 18.6. The lowest BCUT2D eigenvalue weighted by Crippen LogP contribution is -2.54. The van der Waals surface area contributed by atoms with Crippen molar-refractivity contribution in [2.45, 2.75) is 31.2 Å². The molecule has 1 aliphatic heterocycles. The molecule has 1 aliphatic rings. The van der Waals surface area contributed by atoms with Crippen molar-refractivity contribution in [3.05, 3.63) is 35.6 Å². The van der Waals surface area contributed by atoms with Crippen LogP contribution in [0.15, 0.2) is 24.3 Å². The molecule has 0 aromatic heterocycles. The molecule has 0 aliphatic carbocycles. The third kappa shape index (κ3) is 2.38. The van der Waals surface area contributed by atoms with Crippen LogP contribution in [0.2, 0.25) is 0 Å². The molecule has 0 radical (unpaired) electrons. The molecule has 1 aromatic rings. The zero-order chi connectivity index (χ0) is 13.2. The van der Waals surface area contributed by atoms with Crippen LogP contribution >= 0.6 is 0 Å². The molecule has 0 spiro atoms. The van der Waals surface area contributed by atoms with Gasteiger partial charge in [-0.1, -0.05) is 18.2 Å². The molecule has 1 fully saturated rings. The highest BCUT2D eigenvalue weighted by atomic mass is 19.1. The number of nitrogens with one attached hydrogen (secondary N) is 1.